The second-order valence-corrected chi connectivity index (χ2v) is 7.46. The molecule has 0 aromatic heterocycles. The van der Waals surface area contributed by atoms with E-state index in [9.17, 15) is 13.2 Å². The van der Waals surface area contributed by atoms with Crippen LogP contribution in [0.25, 0.3) is 0 Å². The first-order valence-electron chi connectivity index (χ1n) is 10.5. The standard InChI is InChI=1S/C23H29F3N4O/c1-2-27-22(29-16-19-6-4-8-21(14-19)23(24,25)26)28-15-18-5-3-7-20(13-18)17-30-9-11-31-12-10-30/h3-8,13-14H,2,9-12,15-17H2,1H3,(H2,27,28,29). The van der Waals surface area contributed by atoms with Gasteiger partial charge in [0.15, 0.2) is 5.96 Å². The van der Waals surface area contributed by atoms with E-state index in [0.29, 0.717) is 24.6 Å². The fourth-order valence-corrected chi connectivity index (χ4v) is 3.40. The molecule has 2 aromatic carbocycles. The highest BCUT2D eigenvalue weighted by Gasteiger charge is 2.30. The lowest BCUT2D eigenvalue weighted by Crippen LogP contribution is -2.36. The van der Waals surface area contributed by atoms with Crippen LogP contribution in [0.5, 0.6) is 0 Å². The molecule has 3 rings (SSSR count). The third kappa shape index (κ3) is 7.56. The van der Waals surface area contributed by atoms with Crippen molar-refractivity contribution in [2.45, 2.75) is 32.7 Å². The van der Waals surface area contributed by atoms with Crippen LogP contribution in [0.2, 0.25) is 0 Å². The largest absolute Gasteiger partial charge is 0.416 e. The molecule has 1 heterocycles. The minimum absolute atomic E-state index is 0.257. The number of nitrogens with zero attached hydrogens (tertiary/aromatic N) is 2. The lowest BCUT2D eigenvalue weighted by atomic mass is 10.1. The van der Waals surface area contributed by atoms with Crippen molar-refractivity contribution in [2.24, 2.45) is 4.99 Å². The third-order valence-electron chi connectivity index (χ3n) is 4.98. The molecule has 1 aliphatic heterocycles. The predicted octanol–water partition coefficient (Wildman–Crippen LogP) is 3.79. The van der Waals surface area contributed by atoms with Crippen LogP contribution in [0.3, 0.4) is 0 Å². The van der Waals surface area contributed by atoms with E-state index in [1.165, 1.54) is 11.6 Å². The molecule has 0 spiro atoms. The van der Waals surface area contributed by atoms with Crippen molar-refractivity contribution < 1.29 is 17.9 Å². The van der Waals surface area contributed by atoms with Crippen LogP contribution in [0.4, 0.5) is 13.2 Å². The Morgan fingerprint density at radius 2 is 1.71 bits per heavy atom. The summed E-state index contributed by atoms with van der Waals surface area (Å²) < 4.78 is 44.1. The molecule has 0 atom stereocenters. The van der Waals surface area contributed by atoms with Gasteiger partial charge in [-0.1, -0.05) is 36.4 Å². The Hall–Kier alpha value is -2.58. The zero-order chi connectivity index (χ0) is 22.1. The zero-order valence-electron chi connectivity index (χ0n) is 17.7. The summed E-state index contributed by atoms with van der Waals surface area (Å²) >= 11 is 0. The first-order valence-corrected chi connectivity index (χ1v) is 10.5. The van der Waals surface area contributed by atoms with Crippen LogP contribution in [0.15, 0.2) is 53.5 Å². The molecule has 0 aliphatic carbocycles. The van der Waals surface area contributed by atoms with Gasteiger partial charge in [-0.05, 0) is 35.7 Å². The molecule has 2 aromatic rings. The van der Waals surface area contributed by atoms with Crippen LogP contribution in [-0.4, -0.2) is 43.7 Å². The normalized spacial score (nSPS) is 15.7. The van der Waals surface area contributed by atoms with Gasteiger partial charge in [-0.3, -0.25) is 4.90 Å². The molecule has 8 heteroatoms. The van der Waals surface area contributed by atoms with Gasteiger partial charge in [-0.2, -0.15) is 13.2 Å². The Labute approximate surface area is 181 Å². The number of rotatable bonds is 7. The summed E-state index contributed by atoms with van der Waals surface area (Å²) in [7, 11) is 0. The molecule has 0 saturated carbocycles. The second kappa shape index (κ2) is 11.2. The monoisotopic (exact) mass is 434 g/mol. The Bertz CT molecular complexity index is 864. The Kier molecular flexibility index (Phi) is 8.31. The fourth-order valence-electron chi connectivity index (χ4n) is 3.40. The number of halogens is 3. The second-order valence-electron chi connectivity index (χ2n) is 7.46. The maximum Gasteiger partial charge on any atom is 0.416 e. The van der Waals surface area contributed by atoms with Gasteiger partial charge < -0.3 is 15.4 Å². The molecule has 0 bridgehead atoms. The van der Waals surface area contributed by atoms with E-state index in [-0.39, 0.29) is 6.54 Å². The maximum atomic E-state index is 12.9. The van der Waals surface area contributed by atoms with E-state index in [4.69, 9.17) is 4.74 Å². The highest BCUT2D eigenvalue weighted by atomic mass is 19.4. The van der Waals surface area contributed by atoms with Gasteiger partial charge in [0.1, 0.15) is 0 Å². The van der Waals surface area contributed by atoms with Gasteiger partial charge in [0.2, 0.25) is 0 Å². The van der Waals surface area contributed by atoms with Gasteiger partial charge in [0.05, 0.1) is 25.3 Å². The van der Waals surface area contributed by atoms with Gasteiger partial charge in [0, 0.05) is 32.7 Å². The van der Waals surface area contributed by atoms with E-state index in [2.05, 4.69) is 32.7 Å². The van der Waals surface area contributed by atoms with Gasteiger partial charge in [-0.15, -0.1) is 0 Å². The molecular weight excluding hydrogens is 405 g/mol. The maximum absolute atomic E-state index is 12.9. The molecule has 2 N–H and O–H groups in total. The summed E-state index contributed by atoms with van der Waals surface area (Å²) in [4.78, 5) is 6.96. The van der Waals surface area contributed by atoms with E-state index in [0.717, 1.165) is 50.5 Å². The summed E-state index contributed by atoms with van der Waals surface area (Å²) in [6.07, 6.45) is -4.35. The van der Waals surface area contributed by atoms with Gasteiger partial charge in [-0.25, -0.2) is 4.99 Å². The van der Waals surface area contributed by atoms with E-state index in [1.807, 2.05) is 19.1 Å². The molecule has 1 fully saturated rings. The van der Waals surface area contributed by atoms with Gasteiger partial charge in [0.25, 0.3) is 0 Å². The highest BCUT2D eigenvalue weighted by molar-refractivity contribution is 5.79. The third-order valence-corrected chi connectivity index (χ3v) is 4.98. The number of guanidine groups is 1. The van der Waals surface area contributed by atoms with Crippen molar-refractivity contribution >= 4 is 5.96 Å². The molecule has 0 radical (unpaired) electrons. The van der Waals surface area contributed by atoms with Crippen molar-refractivity contribution in [3.63, 3.8) is 0 Å². The van der Waals surface area contributed by atoms with Crippen molar-refractivity contribution in [3.05, 3.63) is 70.8 Å². The molecule has 31 heavy (non-hydrogen) atoms. The Balaban J connectivity index is 1.60. The molecule has 0 unspecified atom stereocenters. The summed E-state index contributed by atoms with van der Waals surface area (Å²) in [5.41, 5.74) is 2.22. The number of aliphatic imine (C=N–C) groups is 1. The minimum atomic E-state index is -4.35. The van der Waals surface area contributed by atoms with Crippen molar-refractivity contribution in [1.82, 2.24) is 15.5 Å². The molecule has 5 nitrogen and oxygen atoms in total. The SMILES string of the molecule is CCNC(=NCc1cccc(CN2CCOCC2)c1)NCc1cccc(C(F)(F)F)c1. The average molecular weight is 435 g/mol. The topological polar surface area (TPSA) is 48.9 Å². The number of ether oxygens (including phenoxy) is 1. The number of benzene rings is 2. The van der Waals surface area contributed by atoms with E-state index < -0.39 is 11.7 Å². The van der Waals surface area contributed by atoms with Crippen LogP contribution >= 0.6 is 0 Å². The zero-order valence-corrected chi connectivity index (χ0v) is 17.7. The lowest BCUT2D eigenvalue weighted by Gasteiger charge is -2.26. The van der Waals surface area contributed by atoms with E-state index in [1.54, 1.807) is 6.07 Å². The van der Waals surface area contributed by atoms with Crippen LogP contribution in [-0.2, 0) is 30.5 Å². The van der Waals surface area contributed by atoms with Crippen LogP contribution in [0.1, 0.15) is 29.2 Å². The summed E-state index contributed by atoms with van der Waals surface area (Å²) in [5, 5.41) is 6.26. The van der Waals surface area contributed by atoms with E-state index >= 15 is 0 Å². The summed E-state index contributed by atoms with van der Waals surface area (Å²) in [5.74, 6) is 0.568. The van der Waals surface area contributed by atoms with Crippen molar-refractivity contribution in [2.75, 3.05) is 32.8 Å². The lowest BCUT2D eigenvalue weighted by molar-refractivity contribution is -0.137. The number of nitrogens with one attached hydrogen (secondary N) is 2. The first kappa shape index (κ1) is 23.1. The Morgan fingerprint density at radius 3 is 2.45 bits per heavy atom. The molecule has 168 valence electrons. The number of morpholine rings is 1. The minimum Gasteiger partial charge on any atom is -0.379 e. The van der Waals surface area contributed by atoms with Crippen LogP contribution in [0, 0.1) is 0 Å². The molecule has 1 saturated heterocycles. The summed E-state index contributed by atoms with van der Waals surface area (Å²) in [6.45, 7) is 7.65. The fraction of sp³-hybridized carbons (Fsp3) is 0.435. The smallest absolute Gasteiger partial charge is 0.379 e. The molecular formula is C23H29F3N4O. The van der Waals surface area contributed by atoms with Crippen molar-refractivity contribution in [1.29, 1.82) is 0 Å². The predicted molar refractivity (Wildman–Crippen MR) is 116 cm³/mol. The highest BCUT2D eigenvalue weighted by Crippen LogP contribution is 2.29. The number of alkyl halides is 3. The van der Waals surface area contributed by atoms with Crippen LogP contribution < -0.4 is 10.6 Å². The number of hydrogen-bond acceptors (Lipinski definition) is 3. The first-order chi connectivity index (χ1) is 14.9. The molecule has 0 amide bonds. The molecule has 1 aliphatic rings. The average Bonchev–Trinajstić information content (AvgIpc) is 2.76. The van der Waals surface area contributed by atoms with Crippen molar-refractivity contribution in [3.8, 4) is 0 Å². The number of hydrogen-bond donors (Lipinski definition) is 2. The van der Waals surface area contributed by atoms with Gasteiger partial charge >= 0.3 is 6.18 Å². The summed E-state index contributed by atoms with van der Waals surface area (Å²) in [6, 6.07) is 13.6. The Morgan fingerprint density at radius 1 is 1.00 bits per heavy atom. The quantitative estimate of drug-likeness (QED) is 0.514.